The van der Waals surface area contributed by atoms with Gasteiger partial charge < -0.3 is 4.90 Å². The molecular weight excluding hydrogens is 148 g/mol. The third-order valence-electron chi connectivity index (χ3n) is 3.26. The molecule has 1 saturated heterocycles. The zero-order valence-electron chi connectivity index (χ0n) is 7.68. The number of nitrogens with zero attached hydrogens (tertiary/aromatic N) is 1. The third-order valence-corrected chi connectivity index (χ3v) is 3.26. The highest BCUT2D eigenvalue weighted by molar-refractivity contribution is 5.80. The Labute approximate surface area is 74.5 Å². The van der Waals surface area contributed by atoms with Crippen molar-refractivity contribution in [1.29, 1.82) is 5.41 Å². The summed E-state index contributed by atoms with van der Waals surface area (Å²) in [6.45, 7) is 2.30. The molecule has 2 aliphatic rings. The summed E-state index contributed by atoms with van der Waals surface area (Å²) in [7, 11) is 0. The molecular formula is C10H18N2. The molecule has 0 spiro atoms. The van der Waals surface area contributed by atoms with Crippen molar-refractivity contribution in [3.63, 3.8) is 0 Å². The number of amidine groups is 1. The summed E-state index contributed by atoms with van der Waals surface area (Å²) in [6, 6.07) is 0. The molecule has 0 aromatic rings. The second-order valence-electron chi connectivity index (χ2n) is 4.12. The van der Waals surface area contributed by atoms with E-state index >= 15 is 0 Å². The summed E-state index contributed by atoms with van der Waals surface area (Å²) >= 11 is 0. The second kappa shape index (κ2) is 3.46. The van der Waals surface area contributed by atoms with Crippen molar-refractivity contribution in [2.75, 3.05) is 13.1 Å². The molecule has 0 unspecified atom stereocenters. The van der Waals surface area contributed by atoms with E-state index in [0.717, 1.165) is 31.3 Å². The van der Waals surface area contributed by atoms with Gasteiger partial charge in [0.1, 0.15) is 0 Å². The fourth-order valence-electron chi connectivity index (χ4n) is 2.10. The van der Waals surface area contributed by atoms with E-state index in [2.05, 4.69) is 4.90 Å². The lowest BCUT2D eigenvalue weighted by Crippen LogP contribution is -2.28. The number of hydrogen-bond acceptors (Lipinski definition) is 1. The van der Waals surface area contributed by atoms with E-state index in [-0.39, 0.29) is 0 Å². The monoisotopic (exact) mass is 166 g/mol. The second-order valence-corrected chi connectivity index (χ2v) is 4.12. The van der Waals surface area contributed by atoms with E-state index in [1.807, 2.05) is 0 Å². The molecule has 1 N–H and O–H groups in total. The van der Waals surface area contributed by atoms with Crippen molar-refractivity contribution < 1.29 is 0 Å². The predicted octanol–water partition coefficient (Wildman–Crippen LogP) is 2.25. The zero-order valence-corrected chi connectivity index (χ0v) is 7.68. The quantitative estimate of drug-likeness (QED) is 0.684. The number of hydrogen-bond donors (Lipinski definition) is 1. The van der Waals surface area contributed by atoms with Crippen LogP contribution in [0.3, 0.4) is 0 Å². The maximum Gasteiger partial charge on any atom is 0.0958 e. The van der Waals surface area contributed by atoms with Gasteiger partial charge in [0.25, 0.3) is 0 Å². The highest BCUT2D eigenvalue weighted by Crippen LogP contribution is 2.29. The minimum atomic E-state index is 0.884. The molecule has 0 bridgehead atoms. The summed E-state index contributed by atoms with van der Waals surface area (Å²) in [6.07, 6.45) is 7.90. The van der Waals surface area contributed by atoms with Crippen molar-refractivity contribution >= 4 is 5.84 Å². The van der Waals surface area contributed by atoms with E-state index in [1.54, 1.807) is 0 Å². The minimum Gasteiger partial charge on any atom is -0.361 e. The number of likely N-dealkylation sites (tertiary alicyclic amines) is 1. The first-order chi connectivity index (χ1) is 5.86. The fraction of sp³-hybridized carbons (Fsp3) is 0.900. The number of nitrogens with one attached hydrogen (secondary N) is 1. The van der Waals surface area contributed by atoms with Crippen molar-refractivity contribution in [2.45, 2.75) is 38.5 Å². The van der Waals surface area contributed by atoms with Gasteiger partial charge in [-0.3, -0.25) is 5.41 Å². The van der Waals surface area contributed by atoms with Crippen molar-refractivity contribution in [1.82, 2.24) is 4.90 Å². The first-order valence-electron chi connectivity index (χ1n) is 5.18. The van der Waals surface area contributed by atoms with Crippen molar-refractivity contribution in [2.24, 2.45) is 5.92 Å². The van der Waals surface area contributed by atoms with Crippen LogP contribution < -0.4 is 0 Å². The molecule has 1 aliphatic carbocycles. The lowest BCUT2D eigenvalue weighted by molar-refractivity contribution is 0.268. The summed E-state index contributed by atoms with van der Waals surface area (Å²) in [5, 5.41) is 7.65. The molecule has 12 heavy (non-hydrogen) atoms. The van der Waals surface area contributed by atoms with Crippen LogP contribution in [0.1, 0.15) is 38.5 Å². The first-order valence-corrected chi connectivity index (χ1v) is 5.18. The van der Waals surface area contributed by atoms with E-state index in [9.17, 15) is 0 Å². The molecule has 0 radical (unpaired) electrons. The van der Waals surface area contributed by atoms with Gasteiger partial charge in [0.2, 0.25) is 0 Å². The topological polar surface area (TPSA) is 27.1 Å². The molecule has 2 heteroatoms. The number of rotatable bonds is 3. The Bertz CT molecular complexity index is 173. The van der Waals surface area contributed by atoms with Gasteiger partial charge in [0, 0.05) is 19.5 Å². The Morgan fingerprint density at radius 2 is 2.17 bits per heavy atom. The van der Waals surface area contributed by atoms with E-state index < -0.39 is 0 Å². The van der Waals surface area contributed by atoms with Gasteiger partial charge in [-0.05, 0) is 18.8 Å². The third kappa shape index (κ3) is 1.62. The molecule has 1 saturated carbocycles. The van der Waals surface area contributed by atoms with Gasteiger partial charge in [-0.1, -0.05) is 19.3 Å². The average molecular weight is 166 g/mol. The van der Waals surface area contributed by atoms with Crippen LogP contribution in [0.4, 0.5) is 0 Å². The molecule has 0 atom stereocenters. The first kappa shape index (κ1) is 8.09. The van der Waals surface area contributed by atoms with Crippen LogP contribution in [0.15, 0.2) is 0 Å². The highest BCUT2D eigenvalue weighted by atomic mass is 15.2. The Kier molecular flexibility index (Phi) is 2.33. The van der Waals surface area contributed by atoms with E-state index in [0.29, 0.717) is 0 Å². The molecule has 0 aromatic heterocycles. The molecule has 2 nitrogen and oxygen atoms in total. The van der Waals surface area contributed by atoms with Gasteiger partial charge in [-0.15, -0.1) is 0 Å². The van der Waals surface area contributed by atoms with Gasteiger partial charge in [-0.25, -0.2) is 0 Å². The van der Waals surface area contributed by atoms with Gasteiger partial charge in [-0.2, -0.15) is 0 Å². The van der Waals surface area contributed by atoms with E-state index in [4.69, 9.17) is 5.41 Å². The smallest absolute Gasteiger partial charge is 0.0958 e. The van der Waals surface area contributed by atoms with Crippen molar-refractivity contribution in [3.05, 3.63) is 0 Å². The maximum atomic E-state index is 7.65. The van der Waals surface area contributed by atoms with Gasteiger partial charge in [0.05, 0.1) is 5.84 Å². The summed E-state index contributed by atoms with van der Waals surface area (Å²) in [4.78, 5) is 2.26. The minimum absolute atomic E-state index is 0.884. The normalized spacial score (nSPS) is 24.7. The molecule has 1 aliphatic heterocycles. The molecule has 2 fully saturated rings. The predicted molar refractivity (Wildman–Crippen MR) is 50.5 cm³/mol. The fourth-order valence-corrected chi connectivity index (χ4v) is 2.10. The van der Waals surface area contributed by atoms with Gasteiger partial charge >= 0.3 is 0 Å². The summed E-state index contributed by atoms with van der Waals surface area (Å²) in [5.74, 6) is 1.88. The summed E-state index contributed by atoms with van der Waals surface area (Å²) < 4.78 is 0. The lowest BCUT2D eigenvalue weighted by Gasteiger charge is -2.28. The highest BCUT2D eigenvalue weighted by Gasteiger charge is 2.21. The van der Waals surface area contributed by atoms with Gasteiger partial charge in [0.15, 0.2) is 0 Å². The van der Waals surface area contributed by atoms with Crippen LogP contribution >= 0.6 is 0 Å². The Morgan fingerprint density at radius 3 is 2.67 bits per heavy atom. The van der Waals surface area contributed by atoms with Crippen LogP contribution in [0.2, 0.25) is 0 Å². The van der Waals surface area contributed by atoms with Crippen LogP contribution in [-0.4, -0.2) is 23.8 Å². The van der Waals surface area contributed by atoms with E-state index in [1.165, 1.54) is 32.1 Å². The molecule has 1 heterocycles. The maximum absolute atomic E-state index is 7.65. The molecule has 0 aromatic carbocycles. The lowest BCUT2D eigenvalue weighted by atomic mass is 9.83. The van der Waals surface area contributed by atoms with Crippen LogP contribution in [0.25, 0.3) is 0 Å². The largest absolute Gasteiger partial charge is 0.361 e. The summed E-state index contributed by atoms with van der Waals surface area (Å²) in [5.41, 5.74) is 0. The zero-order chi connectivity index (χ0) is 8.39. The Balaban J connectivity index is 1.68. The Morgan fingerprint density at radius 1 is 1.33 bits per heavy atom. The SMILES string of the molecule is N=C1CCCN1CCC1CCC1. The standard InChI is InChI=1S/C10H18N2/c11-10-5-2-7-12(10)8-6-9-3-1-4-9/h9,11H,1-8H2. The van der Waals surface area contributed by atoms with Crippen molar-refractivity contribution in [3.8, 4) is 0 Å². The Hall–Kier alpha value is -0.530. The van der Waals surface area contributed by atoms with Crippen LogP contribution in [-0.2, 0) is 0 Å². The molecule has 2 rings (SSSR count). The van der Waals surface area contributed by atoms with Crippen LogP contribution in [0, 0.1) is 11.3 Å². The molecule has 68 valence electrons. The van der Waals surface area contributed by atoms with Crippen LogP contribution in [0.5, 0.6) is 0 Å². The molecule has 0 amide bonds. The average Bonchev–Trinajstić information content (AvgIpc) is 2.33.